The topological polar surface area (TPSA) is 21.3 Å². The molecule has 2 nitrogen and oxygen atoms in total. The number of hydrogen-bond donors (Lipinski definition) is 1. The fraction of sp³-hybridized carbons (Fsp3) is 1.00. The van der Waals surface area contributed by atoms with Gasteiger partial charge in [-0.25, -0.2) is 0 Å². The molecule has 1 heterocycles. The van der Waals surface area contributed by atoms with Gasteiger partial charge in [0.2, 0.25) is 0 Å². The van der Waals surface area contributed by atoms with E-state index in [4.69, 9.17) is 4.74 Å². The number of unbranched alkanes of at least 4 members (excludes halogenated alkanes) is 1. The van der Waals surface area contributed by atoms with E-state index >= 15 is 0 Å². The van der Waals surface area contributed by atoms with Crippen LogP contribution in [0.4, 0.5) is 0 Å². The van der Waals surface area contributed by atoms with E-state index in [0.717, 1.165) is 13.2 Å². The molecule has 12 heavy (non-hydrogen) atoms. The molecule has 1 aliphatic rings. The van der Waals surface area contributed by atoms with Crippen LogP contribution in [0.1, 0.15) is 39.5 Å². The maximum absolute atomic E-state index is 5.77. The predicted octanol–water partition coefficient (Wildman–Crippen LogP) is 1.94. The fourth-order valence-electron chi connectivity index (χ4n) is 1.62. The molecule has 0 radical (unpaired) electrons. The number of rotatable bonds is 4. The highest BCUT2D eigenvalue weighted by Gasteiger charge is 2.20. The molecule has 0 aromatic carbocycles. The first-order valence-corrected chi connectivity index (χ1v) is 5.19. The highest BCUT2D eigenvalue weighted by molar-refractivity contribution is 4.77. The summed E-state index contributed by atoms with van der Waals surface area (Å²) in [7, 11) is 0. The van der Waals surface area contributed by atoms with E-state index in [2.05, 4.69) is 19.2 Å². The van der Waals surface area contributed by atoms with Crippen LogP contribution >= 0.6 is 0 Å². The Hall–Kier alpha value is -0.0800. The summed E-state index contributed by atoms with van der Waals surface area (Å²) in [5.74, 6) is 0. The van der Waals surface area contributed by atoms with E-state index in [-0.39, 0.29) is 0 Å². The summed E-state index contributed by atoms with van der Waals surface area (Å²) in [6, 6.07) is 0.551. The quantitative estimate of drug-likeness (QED) is 0.653. The molecular weight excluding hydrogens is 150 g/mol. The van der Waals surface area contributed by atoms with Gasteiger partial charge in [-0.15, -0.1) is 0 Å². The van der Waals surface area contributed by atoms with E-state index in [0.29, 0.717) is 12.1 Å². The van der Waals surface area contributed by atoms with Gasteiger partial charge in [0, 0.05) is 12.6 Å². The van der Waals surface area contributed by atoms with Gasteiger partial charge >= 0.3 is 0 Å². The molecule has 0 aromatic rings. The van der Waals surface area contributed by atoms with E-state index in [1.807, 2.05) is 0 Å². The van der Waals surface area contributed by atoms with Crippen molar-refractivity contribution in [3.63, 3.8) is 0 Å². The zero-order chi connectivity index (χ0) is 8.81. The van der Waals surface area contributed by atoms with Gasteiger partial charge in [0.1, 0.15) is 0 Å². The number of hydrogen-bond acceptors (Lipinski definition) is 2. The lowest BCUT2D eigenvalue weighted by Gasteiger charge is -2.29. The first-order valence-electron chi connectivity index (χ1n) is 5.19. The molecule has 0 amide bonds. The summed E-state index contributed by atoms with van der Waals surface area (Å²) in [4.78, 5) is 0. The molecule has 1 aliphatic heterocycles. The monoisotopic (exact) mass is 171 g/mol. The zero-order valence-electron chi connectivity index (χ0n) is 8.31. The summed E-state index contributed by atoms with van der Waals surface area (Å²) in [5.41, 5.74) is 0. The lowest BCUT2D eigenvalue weighted by molar-refractivity contribution is 0.0113. The smallest absolute Gasteiger partial charge is 0.0725 e. The van der Waals surface area contributed by atoms with Gasteiger partial charge in [0.05, 0.1) is 6.10 Å². The largest absolute Gasteiger partial charge is 0.377 e. The maximum atomic E-state index is 5.77. The van der Waals surface area contributed by atoms with E-state index in [1.54, 1.807) is 0 Å². The molecule has 2 unspecified atom stereocenters. The van der Waals surface area contributed by atoms with E-state index in [1.165, 1.54) is 25.7 Å². The summed E-state index contributed by atoms with van der Waals surface area (Å²) >= 11 is 0. The highest BCUT2D eigenvalue weighted by Crippen LogP contribution is 2.12. The molecule has 0 saturated carbocycles. The molecule has 0 spiro atoms. The van der Waals surface area contributed by atoms with Crippen LogP contribution in [0.3, 0.4) is 0 Å². The molecule has 2 atom stereocenters. The SMILES string of the molecule is CCCCOC1CCCNC1C. The van der Waals surface area contributed by atoms with Crippen LogP contribution in [-0.2, 0) is 4.74 Å². The van der Waals surface area contributed by atoms with Gasteiger partial charge in [-0.2, -0.15) is 0 Å². The minimum Gasteiger partial charge on any atom is -0.377 e. The van der Waals surface area contributed by atoms with Crippen LogP contribution in [0, 0.1) is 0 Å². The van der Waals surface area contributed by atoms with Crippen LogP contribution in [0.15, 0.2) is 0 Å². The summed E-state index contributed by atoms with van der Waals surface area (Å²) in [6.45, 7) is 6.52. The normalized spacial score (nSPS) is 30.5. The van der Waals surface area contributed by atoms with Crippen LogP contribution in [0.5, 0.6) is 0 Å². The Morgan fingerprint density at radius 3 is 3.00 bits per heavy atom. The lowest BCUT2D eigenvalue weighted by atomic mass is 10.0. The van der Waals surface area contributed by atoms with Crippen molar-refractivity contribution < 1.29 is 4.74 Å². The van der Waals surface area contributed by atoms with Crippen molar-refractivity contribution in [2.24, 2.45) is 0 Å². The Kier molecular flexibility index (Phi) is 4.62. The molecule has 1 fully saturated rings. The molecular formula is C10H21NO. The predicted molar refractivity (Wildman–Crippen MR) is 51.3 cm³/mol. The van der Waals surface area contributed by atoms with Gasteiger partial charge in [0.25, 0.3) is 0 Å². The number of nitrogens with one attached hydrogen (secondary N) is 1. The third-order valence-corrected chi connectivity index (χ3v) is 2.52. The zero-order valence-corrected chi connectivity index (χ0v) is 8.31. The molecule has 0 aliphatic carbocycles. The van der Waals surface area contributed by atoms with Crippen molar-refractivity contribution in [3.8, 4) is 0 Å². The molecule has 0 bridgehead atoms. The summed E-state index contributed by atoms with van der Waals surface area (Å²) < 4.78 is 5.77. The Balaban J connectivity index is 2.11. The van der Waals surface area contributed by atoms with Crippen molar-refractivity contribution in [3.05, 3.63) is 0 Å². The van der Waals surface area contributed by atoms with E-state index < -0.39 is 0 Å². The van der Waals surface area contributed by atoms with Crippen LogP contribution in [0.25, 0.3) is 0 Å². The summed E-state index contributed by atoms with van der Waals surface area (Å²) in [6.07, 6.45) is 5.39. The van der Waals surface area contributed by atoms with Crippen molar-refractivity contribution in [2.45, 2.75) is 51.7 Å². The number of ether oxygens (including phenoxy) is 1. The number of piperidine rings is 1. The Bertz CT molecular complexity index is 116. The minimum absolute atomic E-state index is 0.463. The first-order chi connectivity index (χ1) is 5.84. The Labute approximate surface area is 75.7 Å². The molecule has 0 aromatic heterocycles. The van der Waals surface area contributed by atoms with Crippen LogP contribution in [-0.4, -0.2) is 25.3 Å². The van der Waals surface area contributed by atoms with Crippen molar-refractivity contribution in [1.82, 2.24) is 5.32 Å². The average Bonchev–Trinajstić information content (AvgIpc) is 2.09. The summed E-state index contributed by atoms with van der Waals surface area (Å²) in [5, 5.41) is 3.43. The highest BCUT2D eigenvalue weighted by atomic mass is 16.5. The first kappa shape index (κ1) is 10.0. The second kappa shape index (κ2) is 5.55. The Morgan fingerprint density at radius 1 is 1.50 bits per heavy atom. The Morgan fingerprint density at radius 2 is 2.33 bits per heavy atom. The molecule has 72 valence electrons. The van der Waals surface area contributed by atoms with Crippen molar-refractivity contribution >= 4 is 0 Å². The standard InChI is InChI=1S/C10H21NO/c1-3-4-8-12-10-6-5-7-11-9(10)2/h9-11H,3-8H2,1-2H3. The minimum atomic E-state index is 0.463. The second-order valence-electron chi connectivity index (χ2n) is 3.65. The van der Waals surface area contributed by atoms with Gasteiger partial charge in [-0.3, -0.25) is 0 Å². The average molecular weight is 171 g/mol. The fourth-order valence-corrected chi connectivity index (χ4v) is 1.62. The van der Waals surface area contributed by atoms with Gasteiger partial charge in [-0.05, 0) is 32.7 Å². The third kappa shape index (κ3) is 3.11. The third-order valence-electron chi connectivity index (χ3n) is 2.52. The van der Waals surface area contributed by atoms with Gasteiger partial charge < -0.3 is 10.1 Å². The second-order valence-corrected chi connectivity index (χ2v) is 3.65. The van der Waals surface area contributed by atoms with Gasteiger partial charge in [-0.1, -0.05) is 13.3 Å². The van der Waals surface area contributed by atoms with Crippen LogP contribution < -0.4 is 5.32 Å². The maximum Gasteiger partial charge on any atom is 0.0725 e. The molecule has 2 heteroatoms. The molecule has 1 rings (SSSR count). The van der Waals surface area contributed by atoms with E-state index in [9.17, 15) is 0 Å². The molecule has 1 saturated heterocycles. The molecule has 1 N–H and O–H groups in total. The van der Waals surface area contributed by atoms with Crippen molar-refractivity contribution in [1.29, 1.82) is 0 Å². The lowest BCUT2D eigenvalue weighted by Crippen LogP contribution is -2.44. The van der Waals surface area contributed by atoms with Crippen LogP contribution in [0.2, 0.25) is 0 Å². The van der Waals surface area contributed by atoms with Crippen molar-refractivity contribution in [2.75, 3.05) is 13.2 Å². The van der Waals surface area contributed by atoms with Gasteiger partial charge in [0.15, 0.2) is 0 Å².